The average molecular weight is 263 g/mol. The van der Waals surface area contributed by atoms with Gasteiger partial charge in [-0.15, -0.1) is 0 Å². The Labute approximate surface area is 115 Å². The second-order valence-electron chi connectivity index (χ2n) is 4.91. The van der Waals surface area contributed by atoms with Crippen LogP contribution in [0.15, 0.2) is 18.2 Å². The summed E-state index contributed by atoms with van der Waals surface area (Å²) in [5.74, 6) is -0.232. The molecule has 4 heteroatoms. The summed E-state index contributed by atoms with van der Waals surface area (Å²) in [4.78, 5) is 2.14. The molecule has 0 aromatic heterocycles. The van der Waals surface area contributed by atoms with Crippen LogP contribution in [0, 0.1) is 17.1 Å². The number of hydrogen-bond donors (Lipinski definition) is 1. The maximum atomic E-state index is 13.5. The van der Waals surface area contributed by atoms with Crippen LogP contribution in [-0.4, -0.2) is 19.6 Å². The Kier molecular flexibility index (Phi) is 5.78. The van der Waals surface area contributed by atoms with Crippen molar-refractivity contribution >= 4 is 5.69 Å². The van der Waals surface area contributed by atoms with Crippen molar-refractivity contribution in [2.45, 2.75) is 39.3 Å². The minimum absolute atomic E-state index is 0.0639. The summed E-state index contributed by atoms with van der Waals surface area (Å²) in [6.07, 6.45) is 0.461. The highest BCUT2D eigenvalue weighted by Crippen LogP contribution is 2.28. The van der Waals surface area contributed by atoms with E-state index in [9.17, 15) is 4.39 Å². The van der Waals surface area contributed by atoms with E-state index in [0.717, 1.165) is 11.3 Å². The second-order valence-corrected chi connectivity index (χ2v) is 4.91. The highest BCUT2D eigenvalue weighted by atomic mass is 19.1. The van der Waals surface area contributed by atoms with E-state index in [1.165, 1.54) is 6.07 Å². The predicted molar refractivity (Wildman–Crippen MR) is 76.6 cm³/mol. The second kappa shape index (κ2) is 7.10. The number of rotatable bonds is 6. The number of anilines is 1. The highest BCUT2D eigenvalue weighted by molar-refractivity contribution is 5.56. The van der Waals surface area contributed by atoms with Crippen LogP contribution in [0.5, 0.6) is 0 Å². The average Bonchev–Trinajstić information content (AvgIpc) is 2.39. The molecule has 1 N–H and O–H groups in total. The fourth-order valence-electron chi connectivity index (χ4n) is 2.12. The molecule has 0 aliphatic carbocycles. The number of hydrogen-bond acceptors (Lipinski definition) is 3. The summed E-state index contributed by atoms with van der Waals surface area (Å²) < 4.78 is 13.5. The Balaban J connectivity index is 3.18. The number of nitrogens with zero attached hydrogens (tertiary/aromatic N) is 2. The summed E-state index contributed by atoms with van der Waals surface area (Å²) in [6.45, 7) is 6.81. The molecule has 0 spiro atoms. The molecule has 0 bridgehead atoms. The number of nitriles is 1. The third kappa shape index (κ3) is 3.93. The zero-order valence-corrected chi connectivity index (χ0v) is 12.1. The SMILES string of the molecule is CNC(C)c1cc(F)ccc1N(CCC#N)C(C)C. The molecule has 0 saturated heterocycles. The molecule has 0 heterocycles. The Morgan fingerprint density at radius 1 is 1.37 bits per heavy atom. The van der Waals surface area contributed by atoms with E-state index in [0.29, 0.717) is 13.0 Å². The van der Waals surface area contributed by atoms with E-state index in [-0.39, 0.29) is 17.9 Å². The van der Waals surface area contributed by atoms with E-state index in [1.807, 2.05) is 14.0 Å². The molecule has 1 atom stereocenters. The largest absolute Gasteiger partial charge is 0.368 e. The van der Waals surface area contributed by atoms with Gasteiger partial charge in [0, 0.05) is 24.3 Å². The molecule has 0 amide bonds. The summed E-state index contributed by atoms with van der Waals surface area (Å²) >= 11 is 0. The van der Waals surface area contributed by atoms with Crippen molar-refractivity contribution in [1.29, 1.82) is 5.26 Å². The van der Waals surface area contributed by atoms with Crippen LogP contribution < -0.4 is 10.2 Å². The van der Waals surface area contributed by atoms with Gasteiger partial charge in [-0.1, -0.05) is 0 Å². The Hall–Kier alpha value is -1.60. The summed E-state index contributed by atoms with van der Waals surface area (Å²) in [6, 6.07) is 7.34. The zero-order chi connectivity index (χ0) is 14.4. The van der Waals surface area contributed by atoms with Crippen LogP contribution in [0.4, 0.5) is 10.1 Å². The Morgan fingerprint density at radius 2 is 2.05 bits per heavy atom. The third-order valence-electron chi connectivity index (χ3n) is 3.29. The predicted octanol–water partition coefficient (Wildman–Crippen LogP) is 3.23. The first-order valence-corrected chi connectivity index (χ1v) is 6.61. The lowest BCUT2D eigenvalue weighted by atomic mass is 10.0. The van der Waals surface area contributed by atoms with Gasteiger partial charge >= 0.3 is 0 Å². The van der Waals surface area contributed by atoms with Gasteiger partial charge in [-0.2, -0.15) is 5.26 Å². The molecule has 1 unspecified atom stereocenters. The van der Waals surface area contributed by atoms with Gasteiger partial charge in [0.2, 0.25) is 0 Å². The summed E-state index contributed by atoms with van der Waals surface area (Å²) in [5.41, 5.74) is 1.92. The maximum Gasteiger partial charge on any atom is 0.123 e. The zero-order valence-electron chi connectivity index (χ0n) is 12.1. The Morgan fingerprint density at radius 3 is 2.58 bits per heavy atom. The molecule has 0 fully saturated rings. The van der Waals surface area contributed by atoms with Crippen molar-refractivity contribution in [3.8, 4) is 6.07 Å². The van der Waals surface area contributed by atoms with Gasteiger partial charge in [0.1, 0.15) is 5.82 Å². The molecule has 0 saturated carbocycles. The third-order valence-corrected chi connectivity index (χ3v) is 3.29. The van der Waals surface area contributed by atoms with Gasteiger partial charge in [0.25, 0.3) is 0 Å². The van der Waals surface area contributed by atoms with E-state index in [4.69, 9.17) is 5.26 Å². The summed E-state index contributed by atoms with van der Waals surface area (Å²) in [7, 11) is 1.86. The monoisotopic (exact) mass is 263 g/mol. The lowest BCUT2D eigenvalue weighted by Crippen LogP contribution is -2.33. The maximum absolute atomic E-state index is 13.5. The first-order chi connectivity index (χ1) is 9.01. The lowest BCUT2D eigenvalue weighted by Gasteiger charge is -2.31. The number of halogens is 1. The van der Waals surface area contributed by atoms with Crippen LogP contribution in [0.2, 0.25) is 0 Å². The minimum atomic E-state index is -0.232. The molecule has 104 valence electrons. The molecular formula is C15H22FN3. The fraction of sp³-hybridized carbons (Fsp3) is 0.533. The van der Waals surface area contributed by atoms with Crippen molar-refractivity contribution in [1.82, 2.24) is 5.32 Å². The summed E-state index contributed by atoms with van der Waals surface area (Å²) in [5, 5.41) is 11.9. The topological polar surface area (TPSA) is 39.1 Å². The lowest BCUT2D eigenvalue weighted by molar-refractivity contribution is 0.601. The van der Waals surface area contributed by atoms with Gasteiger partial charge in [-0.3, -0.25) is 0 Å². The normalized spacial score (nSPS) is 12.3. The van der Waals surface area contributed by atoms with Crippen molar-refractivity contribution in [2.24, 2.45) is 0 Å². The molecule has 19 heavy (non-hydrogen) atoms. The first kappa shape index (κ1) is 15.5. The standard InChI is InChI=1S/C15H22FN3/c1-11(2)19(9-5-8-17)15-7-6-13(16)10-14(15)12(3)18-4/h6-7,10-12,18H,5,9H2,1-4H3. The fourth-order valence-corrected chi connectivity index (χ4v) is 2.12. The van der Waals surface area contributed by atoms with Crippen molar-refractivity contribution in [2.75, 3.05) is 18.5 Å². The van der Waals surface area contributed by atoms with Gasteiger partial charge in [0.15, 0.2) is 0 Å². The first-order valence-electron chi connectivity index (χ1n) is 6.61. The van der Waals surface area contributed by atoms with Crippen LogP contribution in [0.1, 0.15) is 38.8 Å². The van der Waals surface area contributed by atoms with Gasteiger partial charge in [-0.25, -0.2) is 4.39 Å². The molecule has 1 rings (SSSR count). The number of nitrogens with one attached hydrogen (secondary N) is 1. The molecule has 3 nitrogen and oxygen atoms in total. The minimum Gasteiger partial charge on any atom is -0.368 e. The molecular weight excluding hydrogens is 241 g/mol. The smallest absolute Gasteiger partial charge is 0.123 e. The van der Waals surface area contributed by atoms with Gasteiger partial charge in [-0.05, 0) is 51.6 Å². The van der Waals surface area contributed by atoms with E-state index in [2.05, 4.69) is 30.1 Å². The molecule has 0 aliphatic rings. The Bertz CT molecular complexity index is 451. The van der Waals surface area contributed by atoms with Gasteiger partial charge < -0.3 is 10.2 Å². The van der Waals surface area contributed by atoms with Crippen LogP contribution >= 0.6 is 0 Å². The van der Waals surface area contributed by atoms with Crippen molar-refractivity contribution in [3.63, 3.8) is 0 Å². The van der Waals surface area contributed by atoms with Crippen LogP contribution in [-0.2, 0) is 0 Å². The molecule has 0 aliphatic heterocycles. The van der Waals surface area contributed by atoms with E-state index in [1.54, 1.807) is 12.1 Å². The van der Waals surface area contributed by atoms with E-state index >= 15 is 0 Å². The van der Waals surface area contributed by atoms with Crippen LogP contribution in [0.3, 0.4) is 0 Å². The molecule has 0 radical (unpaired) electrons. The molecule has 1 aromatic rings. The number of benzene rings is 1. The van der Waals surface area contributed by atoms with Gasteiger partial charge in [0.05, 0.1) is 12.5 Å². The highest BCUT2D eigenvalue weighted by Gasteiger charge is 2.17. The van der Waals surface area contributed by atoms with Crippen molar-refractivity contribution < 1.29 is 4.39 Å². The van der Waals surface area contributed by atoms with E-state index < -0.39 is 0 Å². The molecule has 1 aromatic carbocycles. The quantitative estimate of drug-likeness (QED) is 0.856. The van der Waals surface area contributed by atoms with Crippen molar-refractivity contribution in [3.05, 3.63) is 29.6 Å². The van der Waals surface area contributed by atoms with Crippen LogP contribution in [0.25, 0.3) is 0 Å².